The zero-order valence-electron chi connectivity index (χ0n) is 10.4. The second-order valence-electron chi connectivity index (χ2n) is 4.56. The lowest BCUT2D eigenvalue weighted by molar-refractivity contribution is 0.115. The molecule has 2 atom stereocenters. The Balaban J connectivity index is 2.28. The second kappa shape index (κ2) is 6.61. The van der Waals surface area contributed by atoms with E-state index in [4.69, 9.17) is 0 Å². The lowest BCUT2D eigenvalue weighted by Gasteiger charge is -2.17. The minimum absolute atomic E-state index is 0.211. The molecule has 0 spiro atoms. The summed E-state index contributed by atoms with van der Waals surface area (Å²) in [6.07, 6.45) is 4.19. The molecule has 1 aromatic heterocycles. The van der Waals surface area contributed by atoms with Gasteiger partial charge in [-0.15, -0.1) is 0 Å². The largest absolute Gasteiger partial charge is 0.393 e. The summed E-state index contributed by atoms with van der Waals surface area (Å²) in [5.41, 5.74) is 1.23. The zero-order valence-corrected chi connectivity index (χ0v) is 10.4. The van der Waals surface area contributed by atoms with Crippen molar-refractivity contribution in [3.05, 3.63) is 30.1 Å². The molecule has 0 fully saturated rings. The maximum Gasteiger partial charge on any atom is 0.0575 e. The number of nitrogens with one attached hydrogen (secondary N) is 1. The van der Waals surface area contributed by atoms with Gasteiger partial charge < -0.3 is 10.4 Å². The second-order valence-corrected chi connectivity index (χ2v) is 4.56. The molecule has 0 aliphatic carbocycles. The van der Waals surface area contributed by atoms with E-state index in [9.17, 15) is 5.11 Å². The molecule has 0 aromatic carbocycles. The van der Waals surface area contributed by atoms with E-state index < -0.39 is 0 Å². The summed E-state index contributed by atoms with van der Waals surface area (Å²) in [5, 5.41) is 13.1. The SMILES string of the molecule is CC(NCCC(O)C(C)C)c1ccncc1. The van der Waals surface area contributed by atoms with Crippen molar-refractivity contribution in [2.45, 2.75) is 39.3 Å². The van der Waals surface area contributed by atoms with Gasteiger partial charge in [-0.1, -0.05) is 13.8 Å². The standard InChI is InChI=1S/C13H22N2O/c1-10(2)13(16)6-9-15-11(3)12-4-7-14-8-5-12/h4-5,7-8,10-11,13,15-16H,6,9H2,1-3H3. The third-order valence-corrected chi connectivity index (χ3v) is 2.87. The third-order valence-electron chi connectivity index (χ3n) is 2.87. The fourth-order valence-electron chi connectivity index (χ4n) is 1.55. The van der Waals surface area contributed by atoms with Crippen molar-refractivity contribution in [2.75, 3.05) is 6.54 Å². The predicted octanol–water partition coefficient (Wildman–Crippen LogP) is 2.14. The first-order valence-electron chi connectivity index (χ1n) is 5.92. The molecule has 1 rings (SSSR count). The molecule has 0 radical (unpaired) electrons. The maximum atomic E-state index is 9.66. The van der Waals surface area contributed by atoms with Gasteiger partial charge in [-0.2, -0.15) is 0 Å². The van der Waals surface area contributed by atoms with E-state index in [2.05, 4.69) is 17.2 Å². The molecule has 16 heavy (non-hydrogen) atoms. The van der Waals surface area contributed by atoms with Crippen LogP contribution in [-0.4, -0.2) is 22.7 Å². The first kappa shape index (κ1) is 13.1. The molecule has 2 N–H and O–H groups in total. The Kier molecular flexibility index (Phi) is 5.43. The Labute approximate surface area is 97.9 Å². The highest BCUT2D eigenvalue weighted by atomic mass is 16.3. The molecule has 0 aliphatic heterocycles. The van der Waals surface area contributed by atoms with Crippen molar-refractivity contribution < 1.29 is 5.11 Å². The molecule has 1 aromatic rings. The fourth-order valence-corrected chi connectivity index (χ4v) is 1.55. The van der Waals surface area contributed by atoms with Crippen molar-refractivity contribution in [1.82, 2.24) is 10.3 Å². The Morgan fingerprint density at radius 2 is 1.88 bits per heavy atom. The van der Waals surface area contributed by atoms with Gasteiger partial charge in [0.25, 0.3) is 0 Å². The third kappa shape index (κ3) is 4.29. The van der Waals surface area contributed by atoms with Gasteiger partial charge in [0.05, 0.1) is 6.10 Å². The lowest BCUT2D eigenvalue weighted by atomic mass is 10.0. The fraction of sp³-hybridized carbons (Fsp3) is 0.615. The van der Waals surface area contributed by atoms with E-state index in [1.165, 1.54) is 5.56 Å². The number of aliphatic hydroxyl groups excluding tert-OH is 1. The number of hydrogen-bond donors (Lipinski definition) is 2. The van der Waals surface area contributed by atoms with Crippen molar-refractivity contribution in [3.8, 4) is 0 Å². The van der Waals surface area contributed by atoms with Crippen LogP contribution in [0.1, 0.15) is 38.8 Å². The Bertz CT molecular complexity index is 287. The van der Waals surface area contributed by atoms with Crippen molar-refractivity contribution >= 4 is 0 Å². The van der Waals surface area contributed by atoms with Gasteiger partial charge in [0.1, 0.15) is 0 Å². The number of aliphatic hydroxyl groups is 1. The molecular weight excluding hydrogens is 200 g/mol. The quantitative estimate of drug-likeness (QED) is 0.775. The van der Waals surface area contributed by atoms with Crippen LogP contribution < -0.4 is 5.32 Å². The van der Waals surface area contributed by atoms with Crippen molar-refractivity contribution in [2.24, 2.45) is 5.92 Å². The zero-order chi connectivity index (χ0) is 12.0. The van der Waals surface area contributed by atoms with Crippen molar-refractivity contribution in [3.63, 3.8) is 0 Å². The lowest BCUT2D eigenvalue weighted by Crippen LogP contribution is -2.25. The van der Waals surface area contributed by atoms with E-state index in [1.54, 1.807) is 12.4 Å². The van der Waals surface area contributed by atoms with Crippen LogP contribution >= 0.6 is 0 Å². The van der Waals surface area contributed by atoms with Gasteiger partial charge in [-0.3, -0.25) is 4.98 Å². The van der Waals surface area contributed by atoms with E-state index >= 15 is 0 Å². The van der Waals surface area contributed by atoms with E-state index in [-0.39, 0.29) is 6.10 Å². The van der Waals surface area contributed by atoms with Crippen LogP contribution in [-0.2, 0) is 0 Å². The topological polar surface area (TPSA) is 45.1 Å². The monoisotopic (exact) mass is 222 g/mol. The summed E-state index contributed by atoms with van der Waals surface area (Å²) in [7, 11) is 0. The van der Waals surface area contributed by atoms with E-state index in [0.29, 0.717) is 12.0 Å². The van der Waals surface area contributed by atoms with Gasteiger partial charge in [0.2, 0.25) is 0 Å². The van der Waals surface area contributed by atoms with Crippen LogP contribution in [0.15, 0.2) is 24.5 Å². The number of rotatable bonds is 6. The van der Waals surface area contributed by atoms with Gasteiger partial charge in [0.15, 0.2) is 0 Å². The molecule has 0 bridgehead atoms. The highest BCUT2D eigenvalue weighted by molar-refractivity contribution is 5.13. The Morgan fingerprint density at radius 3 is 2.44 bits per heavy atom. The van der Waals surface area contributed by atoms with E-state index in [0.717, 1.165) is 13.0 Å². The smallest absolute Gasteiger partial charge is 0.0575 e. The van der Waals surface area contributed by atoms with Crippen LogP contribution in [0.4, 0.5) is 0 Å². The summed E-state index contributed by atoms with van der Waals surface area (Å²) in [6.45, 7) is 7.04. The summed E-state index contributed by atoms with van der Waals surface area (Å²) >= 11 is 0. The molecule has 0 saturated heterocycles. The number of aromatic nitrogens is 1. The average molecular weight is 222 g/mol. The van der Waals surface area contributed by atoms with E-state index in [1.807, 2.05) is 26.0 Å². The van der Waals surface area contributed by atoms with Crippen LogP contribution in [0.3, 0.4) is 0 Å². The molecule has 3 nitrogen and oxygen atoms in total. The van der Waals surface area contributed by atoms with Crippen molar-refractivity contribution in [1.29, 1.82) is 0 Å². The maximum absolute atomic E-state index is 9.66. The molecule has 0 aliphatic rings. The molecular formula is C13H22N2O. The molecule has 3 heteroatoms. The first-order valence-corrected chi connectivity index (χ1v) is 5.92. The summed E-state index contributed by atoms with van der Waals surface area (Å²) in [4.78, 5) is 3.99. The summed E-state index contributed by atoms with van der Waals surface area (Å²) in [5.74, 6) is 0.332. The van der Waals surface area contributed by atoms with Crippen LogP contribution in [0.2, 0.25) is 0 Å². The molecule has 1 heterocycles. The molecule has 2 unspecified atom stereocenters. The Hall–Kier alpha value is -0.930. The highest BCUT2D eigenvalue weighted by Crippen LogP contribution is 2.11. The summed E-state index contributed by atoms with van der Waals surface area (Å²) in [6, 6.07) is 4.33. The normalized spacial score (nSPS) is 15.1. The summed E-state index contributed by atoms with van der Waals surface area (Å²) < 4.78 is 0. The molecule has 0 saturated carbocycles. The minimum atomic E-state index is -0.211. The van der Waals surface area contributed by atoms with Crippen LogP contribution in [0.5, 0.6) is 0 Å². The van der Waals surface area contributed by atoms with Gasteiger partial charge >= 0.3 is 0 Å². The van der Waals surface area contributed by atoms with Gasteiger partial charge in [0, 0.05) is 18.4 Å². The number of hydrogen-bond acceptors (Lipinski definition) is 3. The number of nitrogens with zero attached hydrogens (tertiary/aromatic N) is 1. The predicted molar refractivity (Wildman–Crippen MR) is 66.1 cm³/mol. The first-order chi connectivity index (χ1) is 7.61. The van der Waals surface area contributed by atoms with Crippen LogP contribution in [0.25, 0.3) is 0 Å². The minimum Gasteiger partial charge on any atom is -0.393 e. The van der Waals surface area contributed by atoms with Crippen LogP contribution in [0, 0.1) is 5.92 Å². The molecule has 90 valence electrons. The molecule has 0 amide bonds. The number of pyridine rings is 1. The van der Waals surface area contributed by atoms with Gasteiger partial charge in [-0.05, 0) is 43.5 Å². The average Bonchev–Trinajstić information content (AvgIpc) is 2.29. The highest BCUT2D eigenvalue weighted by Gasteiger charge is 2.09. The van der Waals surface area contributed by atoms with Gasteiger partial charge in [-0.25, -0.2) is 0 Å². The Morgan fingerprint density at radius 1 is 1.25 bits per heavy atom.